The Morgan fingerprint density at radius 1 is 1.12 bits per heavy atom. The van der Waals surface area contributed by atoms with Crippen LogP contribution in [0.2, 0.25) is 0 Å². The number of aromatic nitrogens is 2. The van der Waals surface area contributed by atoms with Crippen molar-refractivity contribution in [2.24, 2.45) is 5.92 Å². The van der Waals surface area contributed by atoms with Crippen LogP contribution < -0.4 is 5.32 Å². The van der Waals surface area contributed by atoms with Crippen molar-refractivity contribution in [2.75, 3.05) is 32.8 Å². The third-order valence-corrected chi connectivity index (χ3v) is 6.47. The van der Waals surface area contributed by atoms with E-state index in [2.05, 4.69) is 26.2 Å². The molecular formula is C19H34Cl2N4O. The normalized spacial score (nSPS) is 26.8. The molecule has 0 amide bonds. The van der Waals surface area contributed by atoms with Crippen molar-refractivity contribution in [3.8, 4) is 0 Å². The molecule has 0 saturated carbocycles. The highest BCUT2D eigenvalue weighted by molar-refractivity contribution is 5.85. The largest absolute Gasteiger partial charge is 0.375 e. The van der Waals surface area contributed by atoms with E-state index in [9.17, 15) is 0 Å². The number of nitrogens with zero attached hydrogens (tertiary/aromatic N) is 3. The van der Waals surface area contributed by atoms with Crippen molar-refractivity contribution in [1.82, 2.24) is 20.0 Å². The fourth-order valence-electron chi connectivity index (χ4n) is 4.90. The number of nitrogens with one attached hydrogen (secondary N) is 1. The quantitative estimate of drug-likeness (QED) is 0.836. The summed E-state index contributed by atoms with van der Waals surface area (Å²) in [6, 6.07) is 2.77. The molecule has 5 nitrogen and oxygen atoms in total. The minimum Gasteiger partial charge on any atom is -0.375 e. The molecule has 3 aliphatic heterocycles. The molecule has 3 saturated heterocycles. The lowest BCUT2D eigenvalue weighted by molar-refractivity contribution is -0.123. The van der Waals surface area contributed by atoms with Gasteiger partial charge in [-0.1, -0.05) is 0 Å². The van der Waals surface area contributed by atoms with E-state index < -0.39 is 0 Å². The highest BCUT2D eigenvalue weighted by Crippen LogP contribution is 2.36. The summed E-state index contributed by atoms with van der Waals surface area (Å²) in [4.78, 5) is 2.77. The molecule has 1 atom stereocenters. The zero-order valence-corrected chi connectivity index (χ0v) is 17.3. The third kappa shape index (κ3) is 5.35. The molecule has 1 spiro atoms. The van der Waals surface area contributed by atoms with Gasteiger partial charge in [-0.05, 0) is 83.1 Å². The van der Waals surface area contributed by atoms with Gasteiger partial charge in [-0.3, -0.25) is 4.68 Å². The Kier molecular flexibility index (Phi) is 8.68. The molecule has 1 aromatic heterocycles. The van der Waals surface area contributed by atoms with Crippen LogP contribution in [0.15, 0.2) is 18.5 Å². The summed E-state index contributed by atoms with van der Waals surface area (Å²) in [6.45, 7) is 6.85. The summed E-state index contributed by atoms with van der Waals surface area (Å²) in [5.74, 6) is 0.873. The van der Waals surface area contributed by atoms with Crippen LogP contribution in [0, 0.1) is 5.92 Å². The maximum absolute atomic E-state index is 6.25. The summed E-state index contributed by atoms with van der Waals surface area (Å²) >= 11 is 0. The number of aryl methyl sites for hydroxylation is 1. The fraction of sp³-hybridized carbons (Fsp3) is 0.842. The smallest absolute Gasteiger partial charge is 0.0721 e. The van der Waals surface area contributed by atoms with Gasteiger partial charge in [0.2, 0.25) is 0 Å². The van der Waals surface area contributed by atoms with Crippen molar-refractivity contribution in [3.63, 3.8) is 0 Å². The predicted octanol–water partition coefficient (Wildman–Crippen LogP) is 3.13. The number of rotatable bonds is 4. The van der Waals surface area contributed by atoms with E-state index in [-0.39, 0.29) is 30.4 Å². The van der Waals surface area contributed by atoms with E-state index in [4.69, 9.17) is 4.74 Å². The van der Waals surface area contributed by atoms with Gasteiger partial charge in [0.1, 0.15) is 0 Å². The number of hydrogen-bond donors (Lipinski definition) is 1. The fourth-order valence-corrected chi connectivity index (χ4v) is 4.90. The van der Waals surface area contributed by atoms with Crippen molar-refractivity contribution >= 4 is 24.8 Å². The molecule has 1 N–H and O–H groups in total. The number of likely N-dealkylation sites (tertiary alicyclic amines) is 1. The Hall–Kier alpha value is -0.330. The second-order valence-electron chi connectivity index (χ2n) is 7.97. The maximum atomic E-state index is 6.25. The Labute approximate surface area is 170 Å². The topological polar surface area (TPSA) is 42.3 Å². The minimum absolute atomic E-state index is 0. The highest BCUT2D eigenvalue weighted by Gasteiger charge is 2.40. The summed E-state index contributed by atoms with van der Waals surface area (Å²) in [5.41, 5.74) is 0.186. The molecule has 0 bridgehead atoms. The Morgan fingerprint density at radius 3 is 2.58 bits per heavy atom. The standard InChI is InChI=1S/C19H32N4O.2ClH/c1-8-21-23(11-1)14-4-17-2-12-22(13-3-17)18-5-15-24-19(16-18)6-9-20-10-7-19;;/h1,8,11,17-18,20H,2-7,9-10,12-16H2;2*1H. The Morgan fingerprint density at radius 2 is 1.88 bits per heavy atom. The average Bonchev–Trinajstić information content (AvgIpc) is 3.15. The van der Waals surface area contributed by atoms with E-state index in [0.717, 1.165) is 38.2 Å². The van der Waals surface area contributed by atoms with E-state index in [1.807, 2.05) is 12.3 Å². The van der Waals surface area contributed by atoms with Crippen LogP contribution >= 0.6 is 24.8 Å². The minimum atomic E-state index is 0. The maximum Gasteiger partial charge on any atom is 0.0721 e. The lowest BCUT2D eigenvalue weighted by atomic mass is 9.81. The van der Waals surface area contributed by atoms with E-state index in [0.29, 0.717) is 0 Å². The molecule has 1 unspecified atom stereocenters. The number of piperidine rings is 2. The molecule has 26 heavy (non-hydrogen) atoms. The second-order valence-corrected chi connectivity index (χ2v) is 7.97. The van der Waals surface area contributed by atoms with Crippen LogP contribution in [0.5, 0.6) is 0 Å². The molecule has 4 heterocycles. The summed E-state index contributed by atoms with van der Waals surface area (Å²) in [7, 11) is 0. The van der Waals surface area contributed by atoms with Gasteiger partial charge in [-0.2, -0.15) is 5.10 Å². The second kappa shape index (κ2) is 10.3. The average molecular weight is 405 g/mol. The first-order valence-corrected chi connectivity index (χ1v) is 9.89. The molecule has 4 rings (SSSR count). The summed E-state index contributed by atoms with van der Waals surface area (Å²) < 4.78 is 8.33. The van der Waals surface area contributed by atoms with Gasteiger partial charge >= 0.3 is 0 Å². The van der Waals surface area contributed by atoms with Crippen LogP contribution in [0.1, 0.15) is 44.9 Å². The zero-order valence-electron chi connectivity index (χ0n) is 15.6. The molecule has 0 aromatic carbocycles. The molecule has 3 fully saturated rings. The lowest BCUT2D eigenvalue weighted by Crippen LogP contribution is -2.54. The first-order valence-electron chi connectivity index (χ1n) is 9.89. The van der Waals surface area contributed by atoms with Crippen LogP contribution in [-0.4, -0.2) is 59.1 Å². The number of halogens is 2. The van der Waals surface area contributed by atoms with Gasteiger partial charge < -0.3 is 15.0 Å². The predicted molar refractivity (Wildman–Crippen MR) is 109 cm³/mol. The monoisotopic (exact) mass is 404 g/mol. The lowest BCUT2D eigenvalue weighted by Gasteiger charge is -2.48. The van der Waals surface area contributed by atoms with Gasteiger partial charge in [0.15, 0.2) is 0 Å². The molecule has 0 radical (unpaired) electrons. The van der Waals surface area contributed by atoms with E-state index >= 15 is 0 Å². The molecule has 1 aromatic rings. The van der Waals surface area contributed by atoms with Gasteiger partial charge in [-0.15, -0.1) is 24.8 Å². The van der Waals surface area contributed by atoms with Crippen LogP contribution in [0.4, 0.5) is 0 Å². The molecule has 3 aliphatic rings. The molecule has 0 aliphatic carbocycles. The van der Waals surface area contributed by atoms with Crippen molar-refractivity contribution in [2.45, 2.75) is 63.1 Å². The van der Waals surface area contributed by atoms with Gasteiger partial charge in [0, 0.05) is 31.6 Å². The van der Waals surface area contributed by atoms with Crippen molar-refractivity contribution in [1.29, 1.82) is 0 Å². The van der Waals surface area contributed by atoms with Gasteiger partial charge in [0.05, 0.1) is 5.60 Å². The first-order chi connectivity index (χ1) is 11.8. The van der Waals surface area contributed by atoms with E-state index in [1.165, 1.54) is 58.0 Å². The Bertz CT molecular complexity index is 494. The molecular weight excluding hydrogens is 371 g/mol. The van der Waals surface area contributed by atoms with Crippen LogP contribution in [0.25, 0.3) is 0 Å². The zero-order chi connectivity index (χ0) is 16.2. The third-order valence-electron chi connectivity index (χ3n) is 6.47. The summed E-state index contributed by atoms with van der Waals surface area (Å²) in [5, 5.41) is 7.81. The summed E-state index contributed by atoms with van der Waals surface area (Å²) in [6.07, 6.45) is 12.8. The van der Waals surface area contributed by atoms with E-state index in [1.54, 1.807) is 0 Å². The SMILES string of the molecule is Cl.Cl.c1cnn(CCC2CCN(C3CCOC4(CCNCC4)C3)CC2)c1. The van der Waals surface area contributed by atoms with Crippen molar-refractivity contribution in [3.05, 3.63) is 18.5 Å². The van der Waals surface area contributed by atoms with Crippen LogP contribution in [-0.2, 0) is 11.3 Å². The highest BCUT2D eigenvalue weighted by atomic mass is 35.5. The molecule has 7 heteroatoms. The Balaban J connectivity index is 0.00000121. The number of hydrogen-bond acceptors (Lipinski definition) is 4. The van der Waals surface area contributed by atoms with Gasteiger partial charge in [-0.25, -0.2) is 0 Å². The number of ether oxygens (including phenoxy) is 1. The van der Waals surface area contributed by atoms with Gasteiger partial charge in [0.25, 0.3) is 0 Å². The first kappa shape index (κ1) is 22.0. The van der Waals surface area contributed by atoms with Crippen LogP contribution in [0.3, 0.4) is 0 Å². The van der Waals surface area contributed by atoms with Crippen molar-refractivity contribution < 1.29 is 4.74 Å². The molecule has 150 valence electrons.